The number of nitrogens with zero attached hydrogens (tertiary/aromatic N) is 2. The Hall–Kier alpha value is -2.53. The minimum Gasteiger partial charge on any atom is -0.371 e. The Morgan fingerprint density at radius 2 is 1.52 bits per heavy atom. The quantitative estimate of drug-likeness (QED) is 0.572. The van der Waals surface area contributed by atoms with E-state index in [9.17, 15) is 9.59 Å². The van der Waals surface area contributed by atoms with E-state index >= 15 is 0 Å². The summed E-state index contributed by atoms with van der Waals surface area (Å²) in [6.07, 6.45) is 4.31. The second-order valence-corrected chi connectivity index (χ2v) is 10.1. The lowest BCUT2D eigenvalue weighted by Crippen LogP contribution is -2.40. The van der Waals surface area contributed by atoms with Crippen LogP contribution in [0.1, 0.15) is 60.8 Å². The molecule has 1 unspecified atom stereocenters. The average Bonchev–Trinajstić information content (AvgIpc) is 2.84. The van der Waals surface area contributed by atoms with E-state index in [-0.39, 0.29) is 11.8 Å². The van der Waals surface area contributed by atoms with Crippen LogP contribution < -0.4 is 10.2 Å². The molecule has 6 heteroatoms. The number of alkyl halides is 1. The summed E-state index contributed by atoms with van der Waals surface area (Å²) >= 11 is 6.42. The van der Waals surface area contributed by atoms with Crippen LogP contribution in [0.25, 0.3) is 0 Å². The van der Waals surface area contributed by atoms with E-state index in [1.54, 1.807) is 0 Å². The van der Waals surface area contributed by atoms with Crippen molar-refractivity contribution in [3.8, 4) is 0 Å². The number of likely N-dealkylation sites (tertiary alicyclic amines) is 1. The van der Waals surface area contributed by atoms with E-state index < -0.39 is 5.38 Å². The fourth-order valence-electron chi connectivity index (χ4n) is 4.67. The molecule has 2 heterocycles. The Kier molecular flexibility index (Phi) is 7.59. The van der Waals surface area contributed by atoms with Gasteiger partial charge in [0, 0.05) is 37.6 Å². The van der Waals surface area contributed by atoms with Gasteiger partial charge in [0.1, 0.15) is 5.38 Å². The highest BCUT2D eigenvalue weighted by atomic mass is 35.5. The highest BCUT2D eigenvalue weighted by molar-refractivity contribution is 6.32. The van der Waals surface area contributed by atoms with E-state index in [2.05, 4.69) is 24.1 Å². The summed E-state index contributed by atoms with van der Waals surface area (Å²) in [5, 5.41) is 2.13. The van der Waals surface area contributed by atoms with Crippen LogP contribution in [0.2, 0.25) is 0 Å². The van der Waals surface area contributed by atoms with Gasteiger partial charge in [0.2, 0.25) is 5.91 Å². The third-order valence-electron chi connectivity index (χ3n) is 7.01. The molecule has 2 aliphatic heterocycles. The summed E-state index contributed by atoms with van der Waals surface area (Å²) in [5.74, 6) is 1.12. The van der Waals surface area contributed by atoms with Crippen LogP contribution in [0.4, 0.5) is 11.4 Å². The molecule has 1 atom stereocenters. The van der Waals surface area contributed by atoms with Gasteiger partial charge < -0.3 is 15.1 Å². The number of amides is 2. The molecular formula is C27H34ClN3O2. The summed E-state index contributed by atoms with van der Waals surface area (Å²) in [4.78, 5) is 30.7. The van der Waals surface area contributed by atoms with Gasteiger partial charge in [-0.1, -0.05) is 44.2 Å². The second kappa shape index (κ2) is 10.6. The molecule has 0 aliphatic carbocycles. The van der Waals surface area contributed by atoms with Gasteiger partial charge in [-0.15, -0.1) is 11.6 Å². The minimum absolute atomic E-state index is 0.0529. The maximum Gasteiger partial charge on any atom is 0.256 e. The third kappa shape index (κ3) is 5.70. The third-order valence-corrected chi connectivity index (χ3v) is 7.46. The lowest BCUT2D eigenvalue weighted by Gasteiger charge is -2.35. The van der Waals surface area contributed by atoms with Gasteiger partial charge in [-0.3, -0.25) is 9.59 Å². The van der Waals surface area contributed by atoms with E-state index in [1.165, 1.54) is 0 Å². The molecule has 2 aromatic rings. The highest BCUT2D eigenvalue weighted by Gasteiger charge is 2.27. The number of carbonyl (C=O) groups is 2. The van der Waals surface area contributed by atoms with Crippen LogP contribution in [-0.2, 0) is 4.79 Å². The number of carbonyl (C=O) groups excluding carboxylic acids is 2. The van der Waals surface area contributed by atoms with Crippen molar-refractivity contribution < 1.29 is 9.59 Å². The van der Waals surface area contributed by atoms with Crippen molar-refractivity contribution in [3.63, 3.8) is 0 Å². The molecule has 2 fully saturated rings. The fourth-order valence-corrected chi connectivity index (χ4v) is 4.87. The molecule has 0 aromatic heterocycles. The SMILES string of the molecule is CC1CCN(C(=O)c2cc(NC(=O)C(Cl)c3ccccc3)ccc2N2CCC(C)CC2)CC1. The predicted octanol–water partition coefficient (Wildman–Crippen LogP) is 5.71. The highest BCUT2D eigenvalue weighted by Crippen LogP contribution is 2.31. The molecule has 0 radical (unpaired) electrons. The van der Waals surface area contributed by atoms with Gasteiger partial charge in [0.25, 0.3) is 5.91 Å². The molecule has 2 aromatic carbocycles. The van der Waals surface area contributed by atoms with Crippen LogP contribution >= 0.6 is 11.6 Å². The van der Waals surface area contributed by atoms with Crippen molar-refractivity contribution in [3.05, 3.63) is 59.7 Å². The van der Waals surface area contributed by atoms with Crippen molar-refractivity contribution in [1.82, 2.24) is 4.90 Å². The number of hydrogen-bond acceptors (Lipinski definition) is 3. The van der Waals surface area contributed by atoms with Crippen molar-refractivity contribution in [1.29, 1.82) is 0 Å². The Balaban J connectivity index is 1.58. The molecule has 4 rings (SSSR count). The number of rotatable bonds is 5. The first-order valence-electron chi connectivity index (χ1n) is 12.1. The minimum atomic E-state index is -0.794. The van der Waals surface area contributed by atoms with Crippen LogP contribution in [0.3, 0.4) is 0 Å². The number of piperidine rings is 2. The van der Waals surface area contributed by atoms with Gasteiger partial charge >= 0.3 is 0 Å². The topological polar surface area (TPSA) is 52.7 Å². The molecule has 5 nitrogen and oxygen atoms in total. The normalized spacial score (nSPS) is 18.8. The number of hydrogen-bond donors (Lipinski definition) is 1. The maximum absolute atomic E-state index is 13.6. The monoisotopic (exact) mass is 467 g/mol. The van der Waals surface area contributed by atoms with Crippen LogP contribution in [0.15, 0.2) is 48.5 Å². The van der Waals surface area contributed by atoms with E-state index in [0.29, 0.717) is 23.1 Å². The molecule has 2 saturated heterocycles. The molecule has 176 valence electrons. The summed E-state index contributed by atoms with van der Waals surface area (Å²) in [6.45, 7) is 7.99. The lowest BCUT2D eigenvalue weighted by molar-refractivity contribution is -0.116. The van der Waals surface area contributed by atoms with E-state index in [0.717, 1.165) is 63.1 Å². The van der Waals surface area contributed by atoms with Gasteiger partial charge in [0.15, 0.2) is 0 Å². The smallest absolute Gasteiger partial charge is 0.256 e. The lowest BCUT2D eigenvalue weighted by atomic mass is 9.96. The number of halogens is 1. The van der Waals surface area contributed by atoms with Crippen LogP contribution in [0.5, 0.6) is 0 Å². The molecule has 33 heavy (non-hydrogen) atoms. The Morgan fingerprint density at radius 1 is 0.909 bits per heavy atom. The van der Waals surface area contributed by atoms with Crippen LogP contribution in [0, 0.1) is 11.8 Å². The molecule has 0 spiro atoms. The van der Waals surface area contributed by atoms with Gasteiger partial charge in [0.05, 0.1) is 5.56 Å². The zero-order valence-electron chi connectivity index (χ0n) is 19.6. The number of benzene rings is 2. The van der Waals surface area contributed by atoms with Gasteiger partial charge in [-0.2, -0.15) is 0 Å². The van der Waals surface area contributed by atoms with Crippen molar-refractivity contribution in [2.24, 2.45) is 11.8 Å². The Morgan fingerprint density at radius 3 is 2.15 bits per heavy atom. The second-order valence-electron chi connectivity index (χ2n) is 9.64. The van der Waals surface area contributed by atoms with Crippen molar-refractivity contribution >= 4 is 34.8 Å². The maximum atomic E-state index is 13.6. The first kappa shape index (κ1) is 23.6. The first-order chi connectivity index (χ1) is 15.9. The number of anilines is 2. The van der Waals surface area contributed by atoms with Gasteiger partial charge in [-0.05, 0) is 61.3 Å². The molecule has 0 bridgehead atoms. The predicted molar refractivity (Wildman–Crippen MR) is 135 cm³/mol. The molecule has 2 aliphatic rings. The Bertz CT molecular complexity index is 965. The zero-order valence-corrected chi connectivity index (χ0v) is 20.4. The standard InChI is InChI=1S/C27H34ClN3O2/c1-19-10-14-30(15-11-19)24-9-8-22(29-26(32)25(28)21-6-4-3-5-7-21)18-23(24)27(33)31-16-12-20(2)13-17-31/h3-9,18-20,25H,10-17H2,1-2H3,(H,29,32). The summed E-state index contributed by atoms with van der Waals surface area (Å²) in [5.41, 5.74) is 2.98. The summed E-state index contributed by atoms with van der Waals surface area (Å²) in [7, 11) is 0. The molecule has 0 saturated carbocycles. The largest absolute Gasteiger partial charge is 0.371 e. The molecule has 1 N–H and O–H groups in total. The summed E-state index contributed by atoms with van der Waals surface area (Å²) < 4.78 is 0. The van der Waals surface area contributed by atoms with Gasteiger partial charge in [-0.25, -0.2) is 0 Å². The summed E-state index contributed by atoms with van der Waals surface area (Å²) in [6, 6.07) is 15.0. The van der Waals surface area contributed by atoms with Crippen molar-refractivity contribution in [2.45, 2.75) is 44.9 Å². The number of nitrogens with one attached hydrogen (secondary N) is 1. The van der Waals surface area contributed by atoms with Crippen molar-refractivity contribution in [2.75, 3.05) is 36.4 Å². The van der Waals surface area contributed by atoms with Crippen LogP contribution in [-0.4, -0.2) is 42.9 Å². The molecule has 2 amide bonds. The Labute approximate surface area is 202 Å². The zero-order chi connectivity index (χ0) is 23.4. The molecular weight excluding hydrogens is 434 g/mol. The fraction of sp³-hybridized carbons (Fsp3) is 0.481. The van der Waals surface area contributed by atoms with E-state index in [1.807, 2.05) is 53.4 Å². The van der Waals surface area contributed by atoms with E-state index in [4.69, 9.17) is 11.6 Å². The average molecular weight is 468 g/mol. The first-order valence-corrected chi connectivity index (χ1v) is 12.5.